The number of aryl methyl sites for hydroxylation is 1. The van der Waals surface area contributed by atoms with Crippen LogP contribution in [-0.2, 0) is 0 Å². The molecular formula is C25H35N5O2. The molecule has 0 saturated carbocycles. The van der Waals surface area contributed by atoms with E-state index in [0.717, 1.165) is 59.8 Å². The van der Waals surface area contributed by atoms with Gasteiger partial charge in [-0.3, -0.25) is 9.78 Å². The van der Waals surface area contributed by atoms with E-state index in [1.807, 2.05) is 20.9 Å². The van der Waals surface area contributed by atoms with Gasteiger partial charge in [0.25, 0.3) is 5.91 Å². The van der Waals surface area contributed by atoms with Crippen LogP contribution in [0, 0.1) is 6.92 Å². The topological polar surface area (TPSA) is 73.5 Å². The Hall–Kier alpha value is -3.06. The van der Waals surface area contributed by atoms with Crippen molar-refractivity contribution in [3.05, 3.63) is 59.3 Å². The zero-order valence-electron chi connectivity index (χ0n) is 19.9. The third-order valence-corrected chi connectivity index (χ3v) is 5.79. The van der Waals surface area contributed by atoms with E-state index in [2.05, 4.69) is 41.0 Å². The minimum Gasteiger partial charge on any atom is -0.494 e. The van der Waals surface area contributed by atoms with Crippen molar-refractivity contribution in [3.63, 3.8) is 0 Å². The molecule has 0 radical (unpaired) electrons. The number of ether oxygens (including phenoxy) is 1. The van der Waals surface area contributed by atoms with Crippen LogP contribution >= 0.6 is 0 Å². The zero-order valence-corrected chi connectivity index (χ0v) is 19.9. The summed E-state index contributed by atoms with van der Waals surface area (Å²) >= 11 is 0. The molecule has 2 aromatic heterocycles. The predicted molar refractivity (Wildman–Crippen MR) is 130 cm³/mol. The van der Waals surface area contributed by atoms with E-state index in [-0.39, 0.29) is 5.91 Å². The number of aromatic amines is 1. The maximum atomic E-state index is 13.0. The van der Waals surface area contributed by atoms with Gasteiger partial charge in [-0.15, -0.1) is 0 Å². The van der Waals surface area contributed by atoms with Gasteiger partial charge in [-0.2, -0.15) is 0 Å². The molecule has 0 aliphatic carbocycles. The Morgan fingerprint density at radius 1 is 1.34 bits per heavy atom. The van der Waals surface area contributed by atoms with Gasteiger partial charge in [0.2, 0.25) is 0 Å². The Morgan fingerprint density at radius 3 is 2.78 bits per heavy atom. The predicted octanol–water partition coefficient (Wildman–Crippen LogP) is 3.88. The first kappa shape index (κ1) is 23.6. The molecule has 0 atom stereocenters. The standard InChI is InChI=1S/C25H35N5O2/c1-7-9-11-30-16-21(20-13-17(3)28-23(20)18(30)4)24-22(32-6)14-19(15-27-24)25(31)29(8-2)12-10-26-5/h13-16,26,28H,4,7-12H2,1-3,5-6H3. The summed E-state index contributed by atoms with van der Waals surface area (Å²) in [5.74, 6) is 0.536. The van der Waals surface area contributed by atoms with Crippen LogP contribution in [0.4, 0.5) is 0 Å². The number of H-pyrrole nitrogens is 1. The van der Waals surface area contributed by atoms with Gasteiger partial charge in [-0.25, -0.2) is 0 Å². The molecule has 7 nitrogen and oxygen atoms in total. The second-order valence-corrected chi connectivity index (χ2v) is 8.04. The van der Waals surface area contributed by atoms with Crippen molar-refractivity contribution in [2.75, 3.05) is 40.3 Å². The second-order valence-electron chi connectivity index (χ2n) is 8.04. The minimum atomic E-state index is -0.0474. The number of aromatic nitrogens is 2. The average Bonchev–Trinajstić information content (AvgIpc) is 3.20. The van der Waals surface area contributed by atoms with Crippen molar-refractivity contribution >= 4 is 17.2 Å². The molecule has 0 spiro atoms. The van der Waals surface area contributed by atoms with Gasteiger partial charge in [0.1, 0.15) is 11.4 Å². The molecule has 32 heavy (non-hydrogen) atoms. The highest BCUT2D eigenvalue weighted by Crippen LogP contribution is 2.39. The Balaban J connectivity index is 2.02. The fraction of sp³-hybridized carbons (Fsp3) is 0.440. The normalized spacial score (nSPS) is 13.1. The van der Waals surface area contributed by atoms with Crippen LogP contribution in [-0.4, -0.2) is 66.0 Å². The van der Waals surface area contributed by atoms with Gasteiger partial charge < -0.3 is 24.8 Å². The smallest absolute Gasteiger partial charge is 0.255 e. The van der Waals surface area contributed by atoms with Gasteiger partial charge in [-0.05, 0) is 39.4 Å². The molecule has 2 aromatic rings. The number of methoxy groups -OCH3 is 1. The molecule has 1 amide bonds. The number of unbranched alkanes of at least 4 members (excludes halogenated alkanes) is 1. The van der Waals surface area contributed by atoms with Crippen LogP contribution in [0.2, 0.25) is 0 Å². The number of nitrogens with one attached hydrogen (secondary N) is 2. The summed E-state index contributed by atoms with van der Waals surface area (Å²) in [6, 6.07) is 3.91. The number of fused-ring (bicyclic) bond motifs is 1. The lowest BCUT2D eigenvalue weighted by Crippen LogP contribution is -2.36. The van der Waals surface area contributed by atoms with E-state index in [4.69, 9.17) is 9.72 Å². The molecule has 172 valence electrons. The SMILES string of the molecule is C=C1c2[nH]c(C)cc2C(c2ncc(C(=O)N(CC)CCNC)cc2OC)=CN1CCCC. The molecule has 0 saturated heterocycles. The summed E-state index contributed by atoms with van der Waals surface area (Å²) in [6.07, 6.45) is 5.92. The zero-order chi connectivity index (χ0) is 23.3. The third-order valence-electron chi connectivity index (χ3n) is 5.79. The van der Waals surface area contributed by atoms with Crippen LogP contribution in [0.1, 0.15) is 59.7 Å². The number of hydrogen-bond donors (Lipinski definition) is 2. The van der Waals surface area contributed by atoms with Crippen LogP contribution in [0.15, 0.2) is 31.1 Å². The number of nitrogens with zero attached hydrogens (tertiary/aromatic N) is 3. The van der Waals surface area contributed by atoms with E-state index in [0.29, 0.717) is 24.4 Å². The number of likely N-dealkylation sites (N-methyl/N-ethyl adjacent to an activating group) is 2. The minimum absolute atomic E-state index is 0.0474. The van der Waals surface area contributed by atoms with Crippen molar-refractivity contribution in [1.29, 1.82) is 0 Å². The molecule has 0 aromatic carbocycles. The summed E-state index contributed by atoms with van der Waals surface area (Å²) in [7, 11) is 3.50. The van der Waals surface area contributed by atoms with Crippen LogP contribution in [0.3, 0.4) is 0 Å². The van der Waals surface area contributed by atoms with Crippen molar-refractivity contribution in [2.24, 2.45) is 0 Å². The maximum Gasteiger partial charge on any atom is 0.255 e. The van der Waals surface area contributed by atoms with E-state index in [1.54, 1.807) is 24.3 Å². The molecule has 0 bridgehead atoms. The van der Waals surface area contributed by atoms with E-state index < -0.39 is 0 Å². The lowest BCUT2D eigenvalue weighted by molar-refractivity contribution is 0.0765. The van der Waals surface area contributed by atoms with Crippen molar-refractivity contribution in [1.82, 2.24) is 25.1 Å². The summed E-state index contributed by atoms with van der Waals surface area (Å²) in [5, 5.41) is 3.09. The number of carbonyl (C=O) groups excluding carboxylic acids is 1. The maximum absolute atomic E-state index is 13.0. The first-order chi connectivity index (χ1) is 15.4. The highest BCUT2D eigenvalue weighted by atomic mass is 16.5. The molecule has 3 rings (SSSR count). The van der Waals surface area contributed by atoms with Crippen LogP contribution in [0.25, 0.3) is 11.3 Å². The quantitative estimate of drug-likeness (QED) is 0.590. The van der Waals surface area contributed by atoms with Gasteiger partial charge in [0.15, 0.2) is 0 Å². The van der Waals surface area contributed by atoms with Crippen LogP contribution in [0.5, 0.6) is 5.75 Å². The number of amides is 1. The second kappa shape index (κ2) is 10.5. The Morgan fingerprint density at radius 2 is 2.12 bits per heavy atom. The molecule has 0 fully saturated rings. The highest BCUT2D eigenvalue weighted by Gasteiger charge is 2.27. The molecule has 7 heteroatoms. The molecular weight excluding hydrogens is 402 g/mol. The lowest BCUT2D eigenvalue weighted by Gasteiger charge is -2.29. The fourth-order valence-corrected chi connectivity index (χ4v) is 3.94. The van der Waals surface area contributed by atoms with Crippen molar-refractivity contribution in [3.8, 4) is 5.75 Å². The van der Waals surface area contributed by atoms with Crippen LogP contribution < -0.4 is 10.1 Å². The summed E-state index contributed by atoms with van der Waals surface area (Å²) < 4.78 is 5.71. The highest BCUT2D eigenvalue weighted by molar-refractivity contribution is 5.96. The summed E-state index contributed by atoms with van der Waals surface area (Å²) in [4.78, 5) is 25.1. The molecule has 1 aliphatic rings. The average molecular weight is 438 g/mol. The van der Waals surface area contributed by atoms with Crippen molar-refractivity contribution < 1.29 is 9.53 Å². The largest absolute Gasteiger partial charge is 0.494 e. The Labute approximate surface area is 191 Å². The monoisotopic (exact) mass is 437 g/mol. The molecule has 2 N–H and O–H groups in total. The molecule has 0 unspecified atom stereocenters. The van der Waals surface area contributed by atoms with E-state index >= 15 is 0 Å². The van der Waals surface area contributed by atoms with E-state index in [9.17, 15) is 4.79 Å². The van der Waals surface area contributed by atoms with Gasteiger partial charge in [0.05, 0.1) is 24.1 Å². The summed E-state index contributed by atoms with van der Waals surface area (Å²) in [5.41, 5.74) is 6.28. The first-order valence-corrected chi connectivity index (χ1v) is 11.3. The van der Waals surface area contributed by atoms with Gasteiger partial charge in [-0.1, -0.05) is 19.9 Å². The first-order valence-electron chi connectivity index (χ1n) is 11.3. The number of hydrogen-bond acceptors (Lipinski definition) is 5. The third kappa shape index (κ3) is 4.72. The summed E-state index contributed by atoms with van der Waals surface area (Å²) in [6.45, 7) is 13.4. The van der Waals surface area contributed by atoms with Gasteiger partial charge in [0, 0.05) is 55.4 Å². The lowest BCUT2D eigenvalue weighted by atomic mass is 9.97. The van der Waals surface area contributed by atoms with Gasteiger partial charge >= 0.3 is 0 Å². The number of carbonyl (C=O) groups is 1. The molecule has 3 heterocycles. The Kier molecular flexibility index (Phi) is 7.75. The fourth-order valence-electron chi connectivity index (χ4n) is 3.94. The number of rotatable bonds is 10. The number of pyridine rings is 1. The van der Waals surface area contributed by atoms with E-state index in [1.165, 1.54) is 0 Å². The Bertz CT molecular complexity index is 1010. The molecule has 1 aliphatic heterocycles. The van der Waals surface area contributed by atoms with Crippen molar-refractivity contribution in [2.45, 2.75) is 33.6 Å².